The second-order valence-corrected chi connectivity index (χ2v) is 7.43. The van der Waals surface area contributed by atoms with Crippen LogP contribution in [0.25, 0.3) is 33.7 Å². The number of hydrogen-bond donors (Lipinski definition) is 1. The van der Waals surface area contributed by atoms with E-state index in [1.54, 1.807) is 10.9 Å². The molecule has 0 saturated carbocycles. The van der Waals surface area contributed by atoms with Gasteiger partial charge in [0, 0.05) is 32.4 Å². The first-order valence-electron chi connectivity index (χ1n) is 9.63. The van der Waals surface area contributed by atoms with Gasteiger partial charge >= 0.3 is 0 Å². The monoisotopic (exact) mass is 393 g/mol. The minimum atomic E-state index is 0.233. The molecule has 4 aromatic rings. The number of hydrogen-bond acceptors (Lipinski definition) is 7. The van der Waals surface area contributed by atoms with Gasteiger partial charge in [-0.1, -0.05) is 5.21 Å². The molecule has 5 heterocycles. The van der Waals surface area contributed by atoms with Gasteiger partial charge in [0.2, 0.25) is 0 Å². The zero-order valence-corrected chi connectivity index (χ0v) is 16.9. The summed E-state index contributed by atoms with van der Waals surface area (Å²) in [5, 5.41) is 20.5. The molecular formula is C19H23N9O. The van der Waals surface area contributed by atoms with Gasteiger partial charge in [0.1, 0.15) is 22.7 Å². The Labute approximate surface area is 167 Å². The SMILES string of the molecule is Cc1c(-c2cc(N3CCOC[C@H]3C)nc3c(-c4ccn[nH]4)nn(C)c23)nnn1C. The van der Waals surface area contributed by atoms with Gasteiger partial charge in [-0.15, -0.1) is 5.10 Å². The molecular weight excluding hydrogens is 370 g/mol. The first-order chi connectivity index (χ1) is 14.0. The highest BCUT2D eigenvalue weighted by atomic mass is 16.5. The lowest BCUT2D eigenvalue weighted by molar-refractivity contribution is 0.0986. The Balaban J connectivity index is 1.81. The Morgan fingerprint density at radius 3 is 2.76 bits per heavy atom. The Hall–Kier alpha value is -3.27. The minimum Gasteiger partial charge on any atom is -0.377 e. The number of nitrogens with zero attached hydrogens (tertiary/aromatic N) is 8. The van der Waals surface area contributed by atoms with Crippen LogP contribution >= 0.6 is 0 Å². The number of nitrogens with one attached hydrogen (secondary N) is 1. The van der Waals surface area contributed by atoms with Gasteiger partial charge in [0.25, 0.3) is 0 Å². The summed E-state index contributed by atoms with van der Waals surface area (Å²) in [6.45, 7) is 6.32. The van der Waals surface area contributed by atoms with Crippen LogP contribution in [0.2, 0.25) is 0 Å². The fraction of sp³-hybridized carbons (Fsp3) is 0.421. The van der Waals surface area contributed by atoms with Crippen LogP contribution in [0, 0.1) is 6.92 Å². The van der Waals surface area contributed by atoms with Crippen molar-refractivity contribution in [2.24, 2.45) is 14.1 Å². The maximum absolute atomic E-state index is 5.62. The molecule has 0 unspecified atom stereocenters. The van der Waals surface area contributed by atoms with E-state index in [2.05, 4.69) is 38.4 Å². The predicted molar refractivity (Wildman–Crippen MR) is 108 cm³/mol. The zero-order valence-electron chi connectivity index (χ0n) is 16.9. The fourth-order valence-corrected chi connectivity index (χ4v) is 3.88. The molecule has 0 aliphatic carbocycles. The van der Waals surface area contributed by atoms with Crippen molar-refractivity contribution in [3.05, 3.63) is 24.0 Å². The molecule has 1 atom stereocenters. The quantitative estimate of drug-likeness (QED) is 0.565. The second kappa shape index (κ2) is 6.66. The molecule has 150 valence electrons. The summed E-state index contributed by atoms with van der Waals surface area (Å²) in [4.78, 5) is 7.31. The Bertz CT molecular complexity index is 1170. The maximum atomic E-state index is 5.62. The summed E-state index contributed by atoms with van der Waals surface area (Å²) in [6, 6.07) is 4.23. The molecule has 1 fully saturated rings. The number of aryl methyl sites for hydroxylation is 2. The van der Waals surface area contributed by atoms with Crippen LogP contribution in [0.1, 0.15) is 12.6 Å². The highest BCUT2D eigenvalue weighted by Crippen LogP contribution is 2.36. The first kappa shape index (κ1) is 17.8. The molecule has 1 aliphatic rings. The number of morpholine rings is 1. The number of aromatic nitrogens is 8. The third-order valence-electron chi connectivity index (χ3n) is 5.56. The van der Waals surface area contributed by atoms with E-state index < -0.39 is 0 Å². The van der Waals surface area contributed by atoms with Crippen molar-refractivity contribution in [2.75, 3.05) is 24.7 Å². The zero-order chi connectivity index (χ0) is 20.1. The van der Waals surface area contributed by atoms with Gasteiger partial charge in [0.15, 0.2) is 0 Å². The second-order valence-electron chi connectivity index (χ2n) is 7.43. The summed E-state index contributed by atoms with van der Waals surface area (Å²) in [5.74, 6) is 0.891. The average Bonchev–Trinajstić information content (AvgIpc) is 3.43. The lowest BCUT2D eigenvalue weighted by atomic mass is 10.1. The van der Waals surface area contributed by atoms with Crippen LogP contribution in [0.3, 0.4) is 0 Å². The van der Waals surface area contributed by atoms with E-state index in [-0.39, 0.29) is 6.04 Å². The van der Waals surface area contributed by atoms with Crippen molar-refractivity contribution >= 4 is 16.9 Å². The number of aromatic amines is 1. The van der Waals surface area contributed by atoms with Crippen LogP contribution in [0.15, 0.2) is 18.3 Å². The van der Waals surface area contributed by atoms with Gasteiger partial charge in [-0.05, 0) is 26.0 Å². The smallest absolute Gasteiger partial charge is 0.136 e. The summed E-state index contributed by atoms with van der Waals surface area (Å²) in [6.07, 6.45) is 1.72. The molecule has 0 aromatic carbocycles. The third kappa shape index (κ3) is 2.79. The van der Waals surface area contributed by atoms with Gasteiger partial charge < -0.3 is 9.64 Å². The average molecular weight is 393 g/mol. The summed E-state index contributed by atoms with van der Waals surface area (Å²) < 4.78 is 9.26. The molecule has 5 rings (SSSR count). The maximum Gasteiger partial charge on any atom is 0.136 e. The standard InChI is InChI=1S/C19H23N9O/c1-11-10-29-8-7-28(11)15-9-13(16-12(2)26(3)25-23-16)19-18(21-15)17(24-27(19)4)14-5-6-20-22-14/h5-6,9,11H,7-8,10H2,1-4H3,(H,20,22)/t11-/m1/s1. The van der Waals surface area contributed by atoms with Crippen LogP contribution in [-0.4, -0.2) is 65.8 Å². The van der Waals surface area contributed by atoms with Crippen molar-refractivity contribution < 1.29 is 4.74 Å². The Kier molecular flexibility index (Phi) is 4.09. The van der Waals surface area contributed by atoms with Crippen LogP contribution < -0.4 is 4.90 Å². The Morgan fingerprint density at radius 1 is 1.21 bits per heavy atom. The van der Waals surface area contributed by atoms with E-state index in [0.29, 0.717) is 13.2 Å². The first-order valence-corrected chi connectivity index (χ1v) is 9.63. The van der Waals surface area contributed by atoms with E-state index >= 15 is 0 Å². The third-order valence-corrected chi connectivity index (χ3v) is 5.56. The van der Waals surface area contributed by atoms with E-state index in [1.165, 1.54) is 0 Å². The number of ether oxygens (including phenoxy) is 1. The fourth-order valence-electron chi connectivity index (χ4n) is 3.88. The number of fused-ring (bicyclic) bond motifs is 1. The van der Waals surface area contributed by atoms with Crippen molar-refractivity contribution in [1.29, 1.82) is 0 Å². The number of H-pyrrole nitrogens is 1. The van der Waals surface area contributed by atoms with E-state index in [4.69, 9.17) is 14.8 Å². The number of anilines is 1. The van der Waals surface area contributed by atoms with Crippen LogP contribution in [-0.2, 0) is 18.8 Å². The van der Waals surface area contributed by atoms with Crippen molar-refractivity contribution in [3.63, 3.8) is 0 Å². The van der Waals surface area contributed by atoms with Crippen LogP contribution in [0.5, 0.6) is 0 Å². The number of rotatable bonds is 3. The molecule has 10 nitrogen and oxygen atoms in total. The molecule has 10 heteroatoms. The van der Waals surface area contributed by atoms with Gasteiger partial charge in [-0.25, -0.2) is 4.98 Å². The molecule has 4 aromatic heterocycles. The van der Waals surface area contributed by atoms with Gasteiger partial charge in [-0.2, -0.15) is 10.2 Å². The molecule has 1 aliphatic heterocycles. The molecule has 0 radical (unpaired) electrons. The van der Waals surface area contributed by atoms with Crippen LogP contribution in [0.4, 0.5) is 5.82 Å². The molecule has 29 heavy (non-hydrogen) atoms. The highest BCUT2D eigenvalue weighted by Gasteiger charge is 2.26. The van der Waals surface area contributed by atoms with Crippen molar-refractivity contribution in [2.45, 2.75) is 19.9 Å². The minimum absolute atomic E-state index is 0.233. The molecule has 0 bridgehead atoms. The van der Waals surface area contributed by atoms with E-state index in [0.717, 1.165) is 51.7 Å². The van der Waals surface area contributed by atoms with Gasteiger partial charge in [-0.3, -0.25) is 14.5 Å². The molecule has 1 N–H and O–H groups in total. The van der Waals surface area contributed by atoms with E-state index in [9.17, 15) is 0 Å². The van der Waals surface area contributed by atoms with Gasteiger partial charge in [0.05, 0.1) is 36.2 Å². The van der Waals surface area contributed by atoms with Crippen molar-refractivity contribution in [1.82, 2.24) is 40.0 Å². The highest BCUT2D eigenvalue weighted by molar-refractivity contribution is 5.99. The topological polar surface area (TPSA) is 103 Å². The lowest BCUT2D eigenvalue weighted by Crippen LogP contribution is -2.44. The Morgan fingerprint density at radius 2 is 2.07 bits per heavy atom. The largest absolute Gasteiger partial charge is 0.377 e. The summed E-state index contributed by atoms with van der Waals surface area (Å²) in [7, 11) is 3.82. The normalized spacial score (nSPS) is 17.4. The molecule has 0 amide bonds. The lowest BCUT2D eigenvalue weighted by Gasteiger charge is -2.34. The van der Waals surface area contributed by atoms with E-state index in [1.807, 2.05) is 31.8 Å². The summed E-state index contributed by atoms with van der Waals surface area (Å²) >= 11 is 0. The molecule has 0 spiro atoms. The number of pyridine rings is 1. The summed E-state index contributed by atoms with van der Waals surface area (Å²) in [5.41, 5.74) is 6.12. The molecule has 1 saturated heterocycles. The van der Waals surface area contributed by atoms with Crippen molar-refractivity contribution in [3.8, 4) is 22.6 Å². The predicted octanol–water partition coefficient (Wildman–Crippen LogP) is 1.69.